The summed E-state index contributed by atoms with van der Waals surface area (Å²) in [5, 5.41) is 2.81. The number of hydrogen-bond donors (Lipinski definition) is 1. The van der Waals surface area contributed by atoms with E-state index in [1.54, 1.807) is 18.3 Å². The summed E-state index contributed by atoms with van der Waals surface area (Å²) < 4.78 is 0. The van der Waals surface area contributed by atoms with E-state index < -0.39 is 0 Å². The van der Waals surface area contributed by atoms with Crippen molar-refractivity contribution in [2.24, 2.45) is 0 Å². The number of nitrogens with one attached hydrogen (secondary N) is 1. The van der Waals surface area contributed by atoms with Crippen molar-refractivity contribution in [1.29, 1.82) is 0 Å². The van der Waals surface area contributed by atoms with Gasteiger partial charge in [0.05, 0.1) is 0 Å². The van der Waals surface area contributed by atoms with Crippen molar-refractivity contribution in [3.05, 3.63) is 65.9 Å². The van der Waals surface area contributed by atoms with E-state index in [-0.39, 0.29) is 5.91 Å². The lowest BCUT2D eigenvalue weighted by Crippen LogP contribution is -2.47. The number of nitrogens with zero attached hydrogens (tertiary/aromatic N) is 3. The summed E-state index contributed by atoms with van der Waals surface area (Å²) in [6.45, 7) is 12.1. The fraction of sp³-hybridized carbons (Fsp3) is 0.333. The summed E-state index contributed by atoms with van der Waals surface area (Å²) >= 11 is 0. The number of carbonyl (C=O) groups excluding carboxylic acids is 1. The van der Waals surface area contributed by atoms with E-state index in [1.165, 1.54) is 16.8 Å². The predicted molar refractivity (Wildman–Crippen MR) is 107 cm³/mol. The van der Waals surface area contributed by atoms with E-state index in [9.17, 15) is 4.79 Å². The van der Waals surface area contributed by atoms with Crippen LogP contribution in [0.1, 0.15) is 21.5 Å². The summed E-state index contributed by atoms with van der Waals surface area (Å²) in [7, 11) is 0. The number of aromatic nitrogens is 1. The van der Waals surface area contributed by atoms with Gasteiger partial charge in [0.1, 0.15) is 5.82 Å². The second-order valence-electron chi connectivity index (χ2n) is 6.59. The SMILES string of the molecule is C=CCNC(=O)c1ccnc(N2CCN(c3cccc(C)c3C)CC2)c1. The standard InChI is InChI=1S/C21H26N4O/c1-4-9-23-21(26)18-8-10-22-20(15-18)25-13-11-24(12-14-25)19-7-5-6-16(2)17(19)3/h4-8,10,15H,1,9,11-14H2,2-3H3,(H,23,26). The normalized spacial score (nSPS) is 14.2. The fourth-order valence-corrected chi connectivity index (χ4v) is 3.25. The third kappa shape index (κ3) is 3.87. The molecule has 1 N–H and O–H groups in total. The summed E-state index contributed by atoms with van der Waals surface area (Å²) in [6, 6.07) is 10.1. The summed E-state index contributed by atoms with van der Waals surface area (Å²) in [5.74, 6) is 0.763. The molecule has 1 fully saturated rings. The molecule has 2 aromatic rings. The predicted octanol–water partition coefficient (Wildman–Crippen LogP) is 2.94. The monoisotopic (exact) mass is 350 g/mol. The van der Waals surface area contributed by atoms with Crippen LogP contribution in [0.2, 0.25) is 0 Å². The van der Waals surface area contributed by atoms with E-state index >= 15 is 0 Å². The quantitative estimate of drug-likeness (QED) is 0.843. The van der Waals surface area contributed by atoms with Gasteiger partial charge in [0.2, 0.25) is 0 Å². The van der Waals surface area contributed by atoms with E-state index in [0.29, 0.717) is 12.1 Å². The summed E-state index contributed by atoms with van der Waals surface area (Å²) in [4.78, 5) is 21.3. The van der Waals surface area contributed by atoms with Crippen LogP contribution in [-0.2, 0) is 0 Å². The molecular formula is C21H26N4O. The average Bonchev–Trinajstić information content (AvgIpc) is 2.68. The first-order valence-electron chi connectivity index (χ1n) is 9.01. The van der Waals surface area contributed by atoms with Crippen LogP contribution in [-0.4, -0.2) is 43.6 Å². The molecule has 0 saturated carbocycles. The summed E-state index contributed by atoms with van der Waals surface area (Å²) in [5.41, 5.74) is 4.62. The maximum absolute atomic E-state index is 12.1. The largest absolute Gasteiger partial charge is 0.368 e. The molecule has 26 heavy (non-hydrogen) atoms. The molecule has 0 bridgehead atoms. The maximum atomic E-state index is 12.1. The highest BCUT2D eigenvalue weighted by Crippen LogP contribution is 2.25. The van der Waals surface area contributed by atoms with Crippen molar-refractivity contribution in [1.82, 2.24) is 10.3 Å². The van der Waals surface area contributed by atoms with Crippen LogP contribution in [0.25, 0.3) is 0 Å². The molecule has 0 aliphatic carbocycles. The second kappa shape index (κ2) is 8.04. The van der Waals surface area contributed by atoms with Crippen molar-refractivity contribution in [2.45, 2.75) is 13.8 Å². The highest BCUT2D eigenvalue weighted by molar-refractivity contribution is 5.94. The minimum absolute atomic E-state index is 0.0948. The Bertz CT molecular complexity index is 794. The van der Waals surface area contributed by atoms with Crippen LogP contribution in [0.5, 0.6) is 0 Å². The van der Waals surface area contributed by atoms with Crippen molar-refractivity contribution < 1.29 is 4.79 Å². The lowest BCUT2D eigenvalue weighted by molar-refractivity contribution is 0.0958. The van der Waals surface area contributed by atoms with E-state index in [1.807, 2.05) is 6.07 Å². The van der Waals surface area contributed by atoms with Crippen LogP contribution in [0, 0.1) is 13.8 Å². The minimum atomic E-state index is -0.0948. The molecule has 2 heterocycles. The number of anilines is 2. The minimum Gasteiger partial charge on any atom is -0.368 e. The van der Waals surface area contributed by atoms with Crippen molar-refractivity contribution in [2.75, 3.05) is 42.5 Å². The molecule has 0 radical (unpaired) electrons. The van der Waals surface area contributed by atoms with Gasteiger partial charge >= 0.3 is 0 Å². The number of benzene rings is 1. The van der Waals surface area contributed by atoms with Gasteiger partial charge in [-0.05, 0) is 43.2 Å². The van der Waals surface area contributed by atoms with Gasteiger partial charge in [-0.3, -0.25) is 4.79 Å². The van der Waals surface area contributed by atoms with Crippen LogP contribution >= 0.6 is 0 Å². The van der Waals surface area contributed by atoms with Crippen molar-refractivity contribution >= 4 is 17.4 Å². The number of amides is 1. The molecular weight excluding hydrogens is 324 g/mol. The first-order chi connectivity index (χ1) is 12.6. The molecule has 0 spiro atoms. The van der Waals surface area contributed by atoms with Gasteiger partial charge in [0, 0.05) is 50.2 Å². The lowest BCUT2D eigenvalue weighted by atomic mass is 10.1. The van der Waals surface area contributed by atoms with Gasteiger partial charge < -0.3 is 15.1 Å². The molecule has 5 heteroatoms. The van der Waals surface area contributed by atoms with Gasteiger partial charge in [-0.1, -0.05) is 18.2 Å². The zero-order chi connectivity index (χ0) is 18.5. The molecule has 1 aliphatic heterocycles. The molecule has 3 rings (SSSR count). The zero-order valence-electron chi connectivity index (χ0n) is 15.5. The first-order valence-corrected chi connectivity index (χ1v) is 9.01. The molecule has 1 amide bonds. The van der Waals surface area contributed by atoms with Crippen molar-refractivity contribution in [3.63, 3.8) is 0 Å². The fourth-order valence-electron chi connectivity index (χ4n) is 3.25. The molecule has 1 aromatic heterocycles. The van der Waals surface area contributed by atoms with Gasteiger partial charge in [-0.15, -0.1) is 6.58 Å². The molecule has 1 saturated heterocycles. The second-order valence-corrected chi connectivity index (χ2v) is 6.59. The molecule has 0 atom stereocenters. The number of aryl methyl sites for hydroxylation is 1. The third-order valence-electron chi connectivity index (χ3n) is 4.94. The zero-order valence-corrected chi connectivity index (χ0v) is 15.5. The van der Waals surface area contributed by atoms with Crippen LogP contribution in [0.15, 0.2) is 49.2 Å². The molecule has 5 nitrogen and oxygen atoms in total. The number of rotatable bonds is 5. The maximum Gasteiger partial charge on any atom is 0.251 e. The van der Waals surface area contributed by atoms with Crippen LogP contribution in [0.3, 0.4) is 0 Å². The van der Waals surface area contributed by atoms with Crippen LogP contribution in [0.4, 0.5) is 11.5 Å². The Hall–Kier alpha value is -2.82. The summed E-state index contributed by atoms with van der Waals surface area (Å²) in [6.07, 6.45) is 3.38. The Kier molecular flexibility index (Phi) is 5.56. The Morgan fingerprint density at radius 3 is 2.65 bits per heavy atom. The Morgan fingerprint density at radius 2 is 1.92 bits per heavy atom. The number of piperazine rings is 1. The Balaban J connectivity index is 1.67. The van der Waals surface area contributed by atoms with Crippen molar-refractivity contribution in [3.8, 4) is 0 Å². The highest BCUT2D eigenvalue weighted by Gasteiger charge is 2.20. The average molecular weight is 350 g/mol. The van der Waals surface area contributed by atoms with E-state index in [0.717, 1.165) is 32.0 Å². The Morgan fingerprint density at radius 1 is 1.19 bits per heavy atom. The third-order valence-corrected chi connectivity index (χ3v) is 4.94. The highest BCUT2D eigenvalue weighted by atomic mass is 16.1. The molecule has 136 valence electrons. The smallest absolute Gasteiger partial charge is 0.251 e. The number of hydrogen-bond acceptors (Lipinski definition) is 4. The molecule has 1 aromatic carbocycles. The Labute approximate surface area is 155 Å². The van der Waals surface area contributed by atoms with Crippen LogP contribution < -0.4 is 15.1 Å². The van der Waals surface area contributed by atoms with Gasteiger partial charge in [0.25, 0.3) is 5.91 Å². The van der Waals surface area contributed by atoms with E-state index in [2.05, 4.69) is 58.7 Å². The van der Waals surface area contributed by atoms with Gasteiger partial charge in [-0.25, -0.2) is 4.98 Å². The number of pyridine rings is 1. The van der Waals surface area contributed by atoms with Gasteiger partial charge in [0.15, 0.2) is 0 Å². The van der Waals surface area contributed by atoms with E-state index in [4.69, 9.17) is 0 Å². The lowest BCUT2D eigenvalue weighted by Gasteiger charge is -2.37. The molecule has 1 aliphatic rings. The van der Waals surface area contributed by atoms with Gasteiger partial charge in [-0.2, -0.15) is 0 Å². The topological polar surface area (TPSA) is 48.5 Å². The number of carbonyl (C=O) groups is 1. The first kappa shape index (κ1) is 18.0. The molecule has 0 unspecified atom stereocenters.